The van der Waals surface area contributed by atoms with E-state index in [4.69, 9.17) is 4.74 Å². The summed E-state index contributed by atoms with van der Waals surface area (Å²) in [4.78, 5) is 34.4. The molecule has 1 saturated heterocycles. The van der Waals surface area contributed by atoms with E-state index in [0.717, 1.165) is 0 Å². The van der Waals surface area contributed by atoms with Crippen molar-refractivity contribution in [3.8, 4) is 0 Å². The summed E-state index contributed by atoms with van der Waals surface area (Å²) < 4.78 is 32.9. The fourth-order valence-electron chi connectivity index (χ4n) is 3.91. The monoisotopic (exact) mass is 499 g/mol. The molecular formula is C24H29N5O5S. The van der Waals surface area contributed by atoms with Crippen molar-refractivity contribution >= 4 is 32.5 Å². The topological polar surface area (TPSA) is 125 Å². The number of amides is 1. The average molecular weight is 500 g/mol. The van der Waals surface area contributed by atoms with Crippen molar-refractivity contribution in [1.29, 1.82) is 0 Å². The zero-order chi connectivity index (χ0) is 25.2. The number of aromatic nitrogens is 2. The summed E-state index contributed by atoms with van der Waals surface area (Å²) in [6.45, 7) is 5.02. The molecule has 2 N–H and O–H groups in total. The molecule has 0 unspecified atom stereocenters. The number of fused-ring (bicyclic) bond motifs is 1. The first-order chi connectivity index (χ1) is 16.7. The van der Waals surface area contributed by atoms with Crippen molar-refractivity contribution in [3.63, 3.8) is 0 Å². The van der Waals surface area contributed by atoms with Gasteiger partial charge in [0.15, 0.2) is 0 Å². The van der Waals surface area contributed by atoms with E-state index in [0.29, 0.717) is 54.3 Å². The number of nitrogens with zero attached hydrogens (tertiary/aromatic N) is 3. The standard InChI is InChI=1S/C24H29N5O5S/c1-16-8-9-18(14-21(16)35(32,33)29-10-12-34-13-11-29)25-23(30)17(2)28(3)15-22-26-20-7-5-4-6-19(20)24(31)27-22/h4-9,14,17H,10-13,15H2,1-3H3,(H,25,30)(H,26,27,31)/t17-/m0/s1. The predicted octanol–water partition coefficient (Wildman–Crippen LogP) is 1.71. The third-order valence-electron chi connectivity index (χ3n) is 6.15. The van der Waals surface area contributed by atoms with Crippen LogP contribution in [0.3, 0.4) is 0 Å². The van der Waals surface area contributed by atoms with Gasteiger partial charge < -0.3 is 15.0 Å². The molecule has 0 spiro atoms. The molecule has 2 heterocycles. The first kappa shape index (κ1) is 25.0. The molecule has 35 heavy (non-hydrogen) atoms. The Kier molecular flexibility index (Phi) is 7.31. The summed E-state index contributed by atoms with van der Waals surface area (Å²) in [5.74, 6) is 0.138. The second-order valence-electron chi connectivity index (χ2n) is 8.61. The Balaban J connectivity index is 1.47. The molecule has 10 nitrogen and oxygen atoms in total. The van der Waals surface area contributed by atoms with E-state index in [1.165, 1.54) is 10.4 Å². The maximum atomic E-state index is 13.1. The third-order valence-corrected chi connectivity index (χ3v) is 8.19. The minimum Gasteiger partial charge on any atom is -0.379 e. The third kappa shape index (κ3) is 5.43. The number of aromatic amines is 1. The van der Waals surface area contributed by atoms with E-state index in [9.17, 15) is 18.0 Å². The number of rotatable bonds is 7. The van der Waals surface area contributed by atoms with Gasteiger partial charge in [0.1, 0.15) is 5.82 Å². The number of hydrogen-bond donors (Lipinski definition) is 2. The summed E-state index contributed by atoms with van der Waals surface area (Å²) in [7, 11) is -1.95. The second-order valence-corrected chi connectivity index (χ2v) is 10.5. The van der Waals surface area contributed by atoms with Gasteiger partial charge in [-0.25, -0.2) is 13.4 Å². The summed E-state index contributed by atoms with van der Waals surface area (Å²) in [5.41, 5.74) is 1.35. The lowest BCUT2D eigenvalue weighted by Gasteiger charge is -2.27. The number of carbonyl (C=O) groups excluding carboxylic acids is 1. The minimum absolute atomic E-state index is 0.163. The normalized spacial score (nSPS) is 15.9. The van der Waals surface area contributed by atoms with Crippen molar-refractivity contribution < 1.29 is 17.9 Å². The molecule has 0 saturated carbocycles. The molecule has 0 radical (unpaired) electrons. The highest BCUT2D eigenvalue weighted by Crippen LogP contribution is 2.24. The van der Waals surface area contributed by atoms with Gasteiger partial charge in [-0.3, -0.25) is 14.5 Å². The maximum absolute atomic E-state index is 13.1. The lowest BCUT2D eigenvalue weighted by Crippen LogP contribution is -2.41. The van der Waals surface area contributed by atoms with Crippen LogP contribution in [0.4, 0.5) is 5.69 Å². The Morgan fingerprint density at radius 1 is 1.23 bits per heavy atom. The molecule has 0 aliphatic carbocycles. The van der Waals surface area contributed by atoms with Crippen LogP contribution in [-0.4, -0.2) is 72.9 Å². The number of carbonyl (C=O) groups is 1. The predicted molar refractivity (Wildman–Crippen MR) is 133 cm³/mol. The van der Waals surface area contributed by atoms with E-state index < -0.39 is 16.1 Å². The van der Waals surface area contributed by atoms with Crippen molar-refractivity contribution in [2.45, 2.75) is 31.3 Å². The van der Waals surface area contributed by atoms with E-state index in [1.807, 2.05) is 6.07 Å². The van der Waals surface area contributed by atoms with Crippen LogP contribution in [0.5, 0.6) is 0 Å². The zero-order valence-electron chi connectivity index (χ0n) is 19.9. The van der Waals surface area contributed by atoms with Gasteiger partial charge in [-0.15, -0.1) is 0 Å². The van der Waals surface area contributed by atoms with E-state index in [2.05, 4.69) is 15.3 Å². The van der Waals surface area contributed by atoms with Gasteiger partial charge in [-0.05, 0) is 50.7 Å². The molecule has 3 aromatic rings. The Hall–Kier alpha value is -3.12. The first-order valence-electron chi connectivity index (χ1n) is 11.3. The van der Waals surface area contributed by atoms with Crippen molar-refractivity contribution in [2.24, 2.45) is 0 Å². The smallest absolute Gasteiger partial charge is 0.258 e. The highest BCUT2D eigenvalue weighted by Gasteiger charge is 2.28. The van der Waals surface area contributed by atoms with Crippen LogP contribution in [0.2, 0.25) is 0 Å². The number of aryl methyl sites for hydroxylation is 1. The van der Waals surface area contributed by atoms with E-state index >= 15 is 0 Å². The van der Waals surface area contributed by atoms with Gasteiger partial charge in [-0.2, -0.15) is 4.31 Å². The molecule has 1 aliphatic rings. The first-order valence-corrected chi connectivity index (χ1v) is 12.8. The van der Waals surface area contributed by atoms with Crippen LogP contribution in [0.15, 0.2) is 52.2 Å². The largest absolute Gasteiger partial charge is 0.379 e. The number of ether oxygens (including phenoxy) is 1. The summed E-state index contributed by atoms with van der Waals surface area (Å²) in [5, 5.41) is 3.32. The zero-order valence-corrected chi connectivity index (χ0v) is 20.8. The van der Waals surface area contributed by atoms with Crippen LogP contribution in [0.1, 0.15) is 18.3 Å². The Bertz CT molecular complexity index is 1400. The van der Waals surface area contributed by atoms with Gasteiger partial charge in [0, 0.05) is 18.8 Å². The van der Waals surface area contributed by atoms with Crippen LogP contribution < -0.4 is 10.9 Å². The van der Waals surface area contributed by atoms with Gasteiger partial charge in [0.25, 0.3) is 5.56 Å². The van der Waals surface area contributed by atoms with Crippen LogP contribution >= 0.6 is 0 Å². The summed E-state index contributed by atoms with van der Waals surface area (Å²) >= 11 is 0. The average Bonchev–Trinajstić information content (AvgIpc) is 2.85. The summed E-state index contributed by atoms with van der Waals surface area (Å²) in [6, 6.07) is 11.3. The SMILES string of the molecule is Cc1ccc(NC(=O)[C@H](C)N(C)Cc2nc3ccccc3c(=O)[nH]2)cc1S(=O)(=O)N1CCOCC1. The number of hydrogen-bond acceptors (Lipinski definition) is 7. The fourth-order valence-corrected chi connectivity index (χ4v) is 5.57. The number of likely N-dealkylation sites (N-methyl/N-ethyl adjacent to an activating group) is 1. The molecule has 1 aromatic heterocycles. The number of sulfonamides is 1. The summed E-state index contributed by atoms with van der Waals surface area (Å²) in [6.07, 6.45) is 0. The molecule has 1 aliphatic heterocycles. The molecule has 0 bridgehead atoms. The van der Waals surface area contributed by atoms with Gasteiger partial charge >= 0.3 is 0 Å². The molecule has 4 rings (SSSR count). The van der Waals surface area contributed by atoms with Crippen LogP contribution in [0.25, 0.3) is 10.9 Å². The van der Waals surface area contributed by atoms with Gasteiger partial charge in [0.05, 0.1) is 41.6 Å². The second kappa shape index (κ2) is 10.2. The van der Waals surface area contributed by atoms with E-state index in [-0.39, 0.29) is 22.9 Å². The van der Waals surface area contributed by atoms with Crippen molar-refractivity contribution in [2.75, 3.05) is 38.7 Å². The van der Waals surface area contributed by atoms with Gasteiger partial charge in [0.2, 0.25) is 15.9 Å². The lowest BCUT2D eigenvalue weighted by atomic mass is 10.2. The lowest BCUT2D eigenvalue weighted by molar-refractivity contribution is -0.120. The number of nitrogens with one attached hydrogen (secondary N) is 2. The Labute approximate surface area is 204 Å². The Morgan fingerprint density at radius 3 is 2.69 bits per heavy atom. The maximum Gasteiger partial charge on any atom is 0.258 e. The van der Waals surface area contributed by atoms with Crippen molar-refractivity contribution in [1.82, 2.24) is 19.2 Å². The van der Waals surface area contributed by atoms with Crippen LogP contribution in [-0.2, 0) is 26.1 Å². The number of H-pyrrole nitrogens is 1. The van der Waals surface area contributed by atoms with E-state index in [1.54, 1.807) is 56.1 Å². The highest BCUT2D eigenvalue weighted by atomic mass is 32.2. The van der Waals surface area contributed by atoms with Crippen LogP contribution in [0, 0.1) is 6.92 Å². The molecule has 2 aromatic carbocycles. The quantitative estimate of drug-likeness (QED) is 0.507. The molecular weight excluding hydrogens is 470 g/mol. The molecule has 1 amide bonds. The number of morpholine rings is 1. The van der Waals surface area contributed by atoms with Crippen molar-refractivity contribution in [3.05, 3.63) is 64.2 Å². The minimum atomic E-state index is -3.70. The van der Waals surface area contributed by atoms with Gasteiger partial charge in [-0.1, -0.05) is 18.2 Å². The number of benzene rings is 2. The highest BCUT2D eigenvalue weighted by molar-refractivity contribution is 7.89. The fraction of sp³-hybridized carbons (Fsp3) is 0.375. The number of anilines is 1. The number of para-hydroxylation sites is 1. The molecule has 1 fully saturated rings. The molecule has 11 heteroatoms. The molecule has 1 atom stereocenters. The Morgan fingerprint density at radius 2 is 1.94 bits per heavy atom. The molecule has 186 valence electrons.